The van der Waals surface area contributed by atoms with Gasteiger partial charge < -0.3 is 5.73 Å². The molecule has 56 valence electrons. The first-order valence-electron chi connectivity index (χ1n) is 3.57. The number of rotatable bonds is 0. The third-order valence-electron chi connectivity index (χ3n) is 1.91. The normalized spacial score (nSPS) is 27.5. The van der Waals surface area contributed by atoms with E-state index in [-0.39, 0.29) is 5.92 Å². The highest BCUT2D eigenvalue weighted by Gasteiger charge is 2.19. The molecule has 0 radical (unpaired) electrons. The lowest BCUT2D eigenvalue weighted by atomic mass is 9.94. The molecular weight excluding hydrogens is 138 g/mol. The summed E-state index contributed by atoms with van der Waals surface area (Å²) in [4.78, 5) is 8.13. The second kappa shape index (κ2) is 2.34. The third kappa shape index (κ3) is 0.981. The minimum atomic E-state index is 0.227. The summed E-state index contributed by atoms with van der Waals surface area (Å²) in [5, 5.41) is 0. The molecule has 2 rings (SSSR count). The molecule has 0 aromatic carbocycles. The molecule has 0 aromatic heterocycles. The van der Waals surface area contributed by atoms with Crippen LogP contribution in [-0.2, 0) is 0 Å². The van der Waals surface area contributed by atoms with E-state index in [1.165, 1.54) is 5.57 Å². The highest BCUT2D eigenvalue weighted by Crippen LogP contribution is 2.19. The van der Waals surface area contributed by atoms with Crippen molar-refractivity contribution in [2.24, 2.45) is 21.6 Å². The van der Waals surface area contributed by atoms with Gasteiger partial charge in [0.05, 0.1) is 12.5 Å². The lowest BCUT2D eigenvalue weighted by molar-refractivity contribution is 0.808. The van der Waals surface area contributed by atoms with Crippen LogP contribution < -0.4 is 5.73 Å². The smallest absolute Gasteiger partial charge is 0.108 e. The fourth-order valence-electron chi connectivity index (χ4n) is 1.26. The predicted octanol–water partition coefficient (Wildman–Crippen LogP) is 0.498. The molecule has 0 saturated carbocycles. The number of allylic oxidation sites excluding steroid dienone is 2. The van der Waals surface area contributed by atoms with E-state index in [4.69, 9.17) is 5.73 Å². The van der Waals surface area contributed by atoms with Crippen molar-refractivity contribution in [1.29, 1.82) is 0 Å². The van der Waals surface area contributed by atoms with E-state index >= 15 is 0 Å². The van der Waals surface area contributed by atoms with Gasteiger partial charge in [-0.3, -0.25) is 4.99 Å². The molecule has 11 heavy (non-hydrogen) atoms. The number of hydrogen-bond acceptors (Lipinski definition) is 3. The Kier molecular flexibility index (Phi) is 1.35. The van der Waals surface area contributed by atoms with Gasteiger partial charge in [-0.1, -0.05) is 0 Å². The van der Waals surface area contributed by atoms with Gasteiger partial charge >= 0.3 is 0 Å². The SMILES string of the molecule is NC1=NC=CC2=CC=NCC21. The molecule has 0 aliphatic carbocycles. The molecule has 1 unspecified atom stereocenters. The Bertz CT molecular complexity index is 284. The van der Waals surface area contributed by atoms with E-state index in [0.717, 1.165) is 6.54 Å². The number of aliphatic imine (C=N–C) groups is 2. The van der Waals surface area contributed by atoms with Crippen LogP contribution in [0.5, 0.6) is 0 Å². The van der Waals surface area contributed by atoms with Gasteiger partial charge in [-0.05, 0) is 17.7 Å². The van der Waals surface area contributed by atoms with Crippen LogP contribution in [0.15, 0.2) is 33.9 Å². The lowest BCUT2D eigenvalue weighted by Crippen LogP contribution is -2.30. The summed E-state index contributed by atoms with van der Waals surface area (Å²) < 4.78 is 0. The molecule has 3 heteroatoms. The summed E-state index contributed by atoms with van der Waals surface area (Å²) >= 11 is 0. The molecule has 0 spiro atoms. The fourth-order valence-corrected chi connectivity index (χ4v) is 1.26. The highest BCUT2D eigenvalue weighted by atomic mass is 14.9. The summed E-state index contributed by atoms with van der Waals surface area (Å²) in [7, 11) is 0. The Morgan fingerprint density at radius 2 is 2.45 bits per heavy atom. The first-order valence-corrected chi connectivity index (χ1v) is 3.57. The Hall–Kier alpha value is -1.38. The van der Waals surface area contributed by atoms with Crippen molar-refractivity contribution in [1.82, 2.24) is 0 Å². The van der Waals surface area contributed by atoms with Gasteiger partial charge in [0.1, 0.15) is 5.84 Å². The Morgan fingerprint density at radius 1 is 1.55 bits per heavy atom. The number of dihydropyridines is 1. The van der Waals surface area contributed by atoms with Crippen LogP contribution in [0.2, 0.25) is 0 Å². The van der Waals surface area contributed by atoms with Gasteiger partial charge in [0, 0.05) is 12.4 Å². The molecule has 0 aromatic rings. The standard InChI is InChI=1S/C8H9N3/c9-8-7-5-10-3-1-6(7)2-4-11-8/h1-4,7H,5H2,(H2,9,11). The molecular formula is C8H9N3. The summed E-state index contributed by atoms with van der Waals surface area (Å²) in [5.41, 5.74) is 6.89. The maximum absolute atomic E-state index is 5.67. The van der Waals surface area contributed by atoms with Gasteiger partial charge in [0.15, 0.2) is 0 Å². The monoisotopic (exact) mass is 147 g/mol. The molecule has 0 bridgehead atoms. The van der Waals surface area contributed by atoms with Crippen LogP contribution >= 0.6 is 0 Å². The topological polar surface area (TPSA) is 50.7 Å². The average Bonchev–Trinajstić information content (AvgIpc) is 2.06. The maximum atomic E-state index is 5.67. The van der Waals surface area contributed by atoms with Crippen LogP contribution in [0.25, 0.3) is 0 Å². The van der Waals surface area contributed by atoms with E-state index < -0.39 is 0 Å². The van der Waals surface area contributed by atoms with Crippen molar-refractivity contribution in [2.45, 2.75) is 0 Å². The minimum Gasteiger partial charge on any atom is -0.387 e. The van der Waals surface area contributed by atoms with Gasteiger partial charge in [-0.15, -0.1) is 0 Å². The van der Waals surface area contributed by atoms with Gasteiger partial charge in [0.2, 0.25) is 0 Å². The summed E-state index contributed by atoms with van der Waals surface area (Å²) in [5.74, 6) is 0.903. The zero-order valence-electron chi connectivity index (χ0n) is 6.07. The summed E-state index contributed by atoms with van der Waals surface area (Å²) in [6.07, 6.45) is 7.50. The third-order valence-corrected chi connectivity index (χ3v) is 1.91. The van der Waals surface area contributed by atoms with Crippen molar-refractivity contribution >= 4 is 12.1 Å². The Balaban J connectivity index is 2.37. The summed E-state index contributed by atoms with van der Waals surface area (Å²) in [6.45, 7) is 0.742. The minimum absolute atomic E-state index is 0.227. The molecule has 2 aliphatic rings. The molecule has 2 N–H and O–H groups in total. The zero-order valence-corrected chi connectivity index (χ0v) is 6.07. The van der Waals surface area contributed by atoms with Crippen LogP contribution in [0, 0.1) is 5.92 Å². The number of fused-ring (bicyclic) bond motifs is 1. The Labute approximate surface area is 65.0 Å². The molecule has 0 fully saturated rings. The van der Waals surface area contributed by atoms with Crippen molar-refractivity contribution in [3.8, 4) is 0 Å². The number of amidine groups is 1. The number of hydrogen-bond donors (Lipinski definition) is 1. The number of nitrogens with zero attached hydrogens (tertiary/aromatic N) is 2. The molecule has 2 aliphatic heterocycles. The van der Waals surface area contributed by atoms with Crippen LogP contribution in [0.3, 0.4) is 0 Å². The van der Waals surface area contributed by atoms with Crippen molar-refractivity contribution in [2.75, 3.05) is 6.54 Å². The van der Waals surface area contributed by atoms with E-state index in [1.807, 2.05) is 18.4 Å². The average molecular weight is 147 g/mol. The summed E-state index contributed by atoms with van der Waals surface area (Å²) in [6, 6.07) is 0. The molecule has 0 saturated heterocycles. The Morgan fingerprint density at radius 3 is 3.27 bits per heavy atom. The first kappa shape index (κ1) is 6.34. The second-order valence-electron chi connectivity index (χ2n) is 2.60. The predicted molar refractivity (Wildman–Crippen MR) is 45.7 cm³/mol. The van der Waals surface area contributed by atoms with Crippen molar-refractivity contribution in [3.63, 3.8) is 0 Å². The van der Waals surface area contributed by atoms with E-state index in [9.17, 15) is 0 Å². The van der Waals surface area contributed by atoms with E-state index in [2.05, 4.69) is 9.98 Å². The van der Waals surface area contributed by atoms with Gasteiger partial charge in [-0.2, -0.15) is 0 Å². The quantitative estimate of drug-likeness (QED) is 0.533. The second-order valence-corrected chi connectivity index (χ2v) is 2.60. The van der Waals surface area contributed by atoms with Crippen molar-refractivity contribution < 1.29 is 0 Å². The fraction of sp³-hybridized carbons (Fsp3) is 0.250. The molecule has 1 atom stereocenters. The lowest BCUT2D eigenvalue weighted by Gasteiger charge is -2.19. The molecule has 3 nitrogen and oxygen atoms in total. The first-order chi connectivity index (χ1) is 5.38. The van der Waals surface area contributed by atoms with Crippen LogP contribution in [0.1, 0.15) is 0 Å². The molecule has 2 heterocycles. The maximum Gasteiger partial charge on any atom is 0.108 e. The van der Waals surface area contributed by atoms with Gasteiger partial charge in [-0.25, -0.2) is 4.99 Å². The van der Waals surface area contributed by atoms with Gasteiger partial charge in [0.25, 0.3) is 0 Å². The molecule has 0 amide bonds. The van der Waals surface area contributed by atoms with Crippen LogP contribution in [-0.4, -0.2) is 18.6 Å². The van der Waals surface area contributed by atoms with E-state index in [1.54, 1.807) is 6.20 Å². The highest BCUT2D eigenvalue weighted by molar-refractivity contribution is 5.91. The van der Waals surface area contributed by atoms with Crippen molar-refractivity contribution in [3.05, 3.63) is 23.9 Å². The number of nitrogens with two attached hydrogens (primary N) is 1. The van der Waals surface area contributed by atoms with E-state index in [0.29, 0.717) is 5.84 Å². The largest absolute Gasteiger partial charge is 0.387 e. The van der Waals surface area contributed by atoms with Crippen LogP contribution in [0.4, 0.5) is 0 Å². The zero-order chi connectivity index (χ0) is 7.68.